The maximum Gasteiger partial charge on any atom is 0.295 e. The van der Waals surface area contributed by atoms with Crippen molar-refractivity contribution in [3.05, 3.63) is 83.9 Å². The topological polar surface area (TPSA) is 281 Å². The molecule has 0 fully saturated rings. The number of fused-ring (bicyclic) bond motifs is 1. The Hall–Kier alpha value is -3.83. The highest BCUT2D eigenvalue weighted by Gasteiger charge is 2.26. The molecule has 0 saturated heterocycles. The molecule has 4 aromatic carbocycles. The lowest BCUT2D eigenvalue weighted by atomic mass is 10.1. The van der Waals surface area contributed by atoms with Gasteiger partial charge >= 0.3 is 0 Å². The van der Waals surface area contributed by atoms with Crippen LogP contribution in [0.3, 0.4) is 0 Å². The summed E-state index contributed by atoms with van der Waals surface area (Å²) in [5, 5.41) is -1.33. The zero-order valence-corrected chi connectivity index (χ0v) is 26.5. The summed E-state index contributed by atoms with van der Waals surface area (Å²) in [5.74, 6) is -1.34. The van der Waals surface area contributed by atoms with Crippen LogP contribution in [0.1, 0.15) is 11.1 Å². The Morgan fingerprint density at radius 2 is 1.09 bits per heavy atom. The number of hydrogen-bond donors (Lipinski definition) is 6. The van der Waals surface area contributed by atoms with E-state index in [1.807, 2.05) is 4.72 Å². The molecule has 242 valence electrons. The number of sulfonamides is 2. The molecule has 0 aromatic heterocycles. The van der Waals surface area contributed by atoms with E-state index in [1.165, 1.54) is 30.3 Å². The first-order valence-electron chi connectivity index (χ1n) is 12.0. The van der Waals surface area contributed by atoms with Crippen molar-refractivity contribution in [3.8, 4) is 0 Å². The lowest BCUT2D eigenvalue weighted by Crippen LogP contribution is -2.17. The van der Waals surface area contributed by atoms with Gasteiger partial charge in [-0.3, -0.25) is 23.1 Å². The van der Waals surface area contributed by atoms with Gasteiger partial charge in [0, 0.05) is 16.8 Å². The molecule has 0 bridgehead atoms. The number of nitrogens with one attached hydrogen (secondary N) is 2. The van der Waals surface area contributed by atoms with E-state index >= 15 is 0 Å². The first-order valence-corrected chi connectivity index (χ1v) is 19.6. The van der Waals surface area contributed by atoms with E-state index in [9.17, 15) is 55.7 Å². The molecule has 0 atom stereocenters. The van der Waals surface area contributed by atoms with Crippen molar-refractivity contribution in [1.29, 1.82) is 0 Å². The average molecular weight is 722 g/mol. The highest BCUT2D eigenvalue weighted by molar-refractivity contribution is 7.92. The molecular weight excluding hydrogens is 699 g/mol. The van der Waals surface area contributed by atoms with Gasteiger partial charge in [0.25, 0.3) is 30.4 Å². The van der Waals surface area contributed by atoms with Crippen LogP contribution in [-0.4, -0.2) is 55.7 Å². The molecule has 0 heterocycles. The Bertz CT molecular complexity index is 2390. The summed E-state index contributed by atoms with van der Waals surface area (Å²) >= 11 is 0. The third-order valence-corrected chi connectivity index (χ3v) is 11.0. The van der Waals surface area contributed by atoms with Gasteiger partial charge in [-0.1, -0.05) is 24.3 Å². The maximum atomic E-state index is 13.2. The second-order valence-corrected chi connectivity index (χ2v) is 17.3. The Labute approximate surface area is 258 Å². The molecular formula is C24H23N3O13S5. The van der Waals surface area contributed by atoms with Crippen LogP contribution < -0.4 is 15.2 Å². The highest BCUT2D eigenvalue weighted by atomic mass is 32.2. The van der Waals surface area contributed by atoms with Crippen LogP contribution in [-0.2, 0) is 61.9 Å². The van der Waals surface area contributed by atoms with E-state index in [1.54, 1.807) is 18.2 Å². The van der Waals surface area contributed by atoms with Gasteiger partial charge in [0.2, 0.25) is 20.0 Å². The van der Waals surface area contributed by atoms with Gasteiger partial charge < -0.3 is 5.73 Å². The van der Waals surface area contributed by atoms with Crippen molar-refractivity contribution in [1.82, 2.24) is 0 Å². The van der Waals surface area contributed by atoms with E-state index in [0.29, 0.717) is 35.5 Å². The molecule has 0 aliphatic carbocycles. The molecule has 0 amide bonds. The van der Waals surface area contributed by atoms with Crippen LogP contribution in [0.2, 0.25) is 0 Å². The summed E-state index contributed by atoms with van der Waals surface area (Å²) in [5.41, 5.74) is 5.59. The van der Waals surface area contributed by atoms with Crippen molar-refractivity contribution in [2.75, 3.05) is 15.2 Å². The van der Waals surface area contributed by atoms with Crippen molar-refractivity contribution < 1.29 is 55.7 Å². The zero-order valence-electron chi connectivity index (χ0n) is 22.4. The van der Waals surface area contributed by atoms with Crippen molar-refractivity contribution in [2.24, 2.45) is 0 Å². The average Bonchev–Trinajstić information content (AvgIpc) is 2.85. The Morgan fingerprint density at radius 3 is 1.62 bits per heavy atom. The molecule has 16 nitrogen and oxygen atoms in total. The fraction of sp³-hybridized carbons (Fsp3) is 0.0833. The SMILES string of the molecule is Nc1cccc(CS(=O)(=O)Nc2cccc(CS(=O)(=O)Nc3cc(S(=O)(=O)O)cc4cc(S(=O)(=O)O)cc(S(=O)(=O)O)c34)c2)c1. The number of hydrogen-bond acceptors (Lipinski definition) is 11. The van der Waals surface area contributed by atoms with Crippen molar-refractivity contribution in [2.45, 2.75) is 26.2 Å². The fourth-order valence-corrected chi connectivity index (χ4v) is 8.55. The lowest BCUT2D eigenvalue weighted by molar-refractivity contribution is 0.480. The second kappa shape index (κ2) is 11.8. The molecule has 0 unspecified atom stereocenters. The predicted molar refractivity (Wildman–Crippen MR) is 163 cm³/mol. The van der Waals surface area contributed by atoms with Gasteiger partial charge in [-0.15, -0.1) is 0 Å². The number of nitrogen functional groups attached to an aromatic ring is 1. The maximum absolute atomic E-state index is 13.2. The highest BCUT2D eigenvalue weighted by Crippen LogP contribution is 2.36. The summed E-state index contributed by atoms with van der Waals surface area (Å²) in [6.45, 7) is 0. The Morgan fingerprint density at radius 1 is 0.578 bits per heavy atom. The summed E-state index contributed by atoms with van der Waals surface area (Å²) in [4.78, 5) is -3.32. The predicted octanol–water partition coefficient (Wildman–Crippen LogP) is 2.05. The van der Waals surface area contributed by atoms with Crippen LogP contribution in [0.5, 0.6) is 0 Å². The minimum atomic E-state index is -5.34. The molecule has 21 heteroatoms. The largest absolute Gasteiger partial charge is 0.399 e. The summed E-state index contributed by atoms with van der Waals surface area (Å²) in [6, 6.07) is 13.3. The number of benzene rings is 4. The molecule has 45 heavy (non-hydrogen) atoms. The molecule has 0 saturated carbocycles. The third-order valence-electron chi connectivity index (χ3n) is 5.96. The lowest BCUT2D eigenvalue weighted by Gasteiger charge is -2.16. The molecule has 0 aliphatic heterocycles. The minimum Gasteiger partial charge on any atom is -0.399 e. The van der Waals surface area contributed by atoms with Gasteiger partial charge in [0.15, 0.2) is 0 Å². The first kappa shape index (κ1) is 34.1. The number of nitrogens with two attached hydrogens (primary N) is 1. The van der Waals surface area contributed by atoms with E-state index < -0.39 is 93.1 Å². The van der Waals surface area contributed by atoms with Crippen LogP contribution >= 0.6 is 0 Å². The first-order chi connectivity index (χ1) is 20.5. The molecule has 0 aliphatic rings. The van der Waals surface area contributed by atoms with E-state index in [4.69, 9.17) is 5.73 Å². The number of anilines is 3. The smallest absolute Gasteiger partial charge is 0.295 e. The minimum absolute atomic E-state index is 0.00515. The van der Waals surface area contributed by atoms with Crippen molar-refractivity contribution in [3.63, 3.8) is 0 Å². The Kier molecular flexibility index (Phi) is 8.95. The molecule has 4 rings (SSSR count). The molecule has 4 aromatic rings. The summed E-state index contributed by atoms with van der Waals surface area (Å²) in [7, 11) is -24.2. The van der Waals surface area contributed by atoms with E-state index in [-0.39, 0.29) is 11.3 Å². The van der Waals surface area contributed by atoms with Gasteiger partial charge in [0.05, 0.1) is 27.0 Å². The zero-order chi connectivity index (χ0) is 33.6. The molecule has 0 spiro atoms. The monoisotopic (exact) mass is 721 g/mol. The Balaban J connectivity index is 1.74. The fourth-order valence-electron chi connectivity index (χ4n) is 4.27. The van der Waals surface area contributed by atoms with E-state index in [0.717, 1.165) is 0 Å². The molecule has 7 N–H and O–H groups in total. The van der Waals surface area contributed by atoms with Gasteiger partial charge in [-0.2, -0.15) is 25.3 Å². The van der Waals surface area contributed by atoms with Gasteiger partial charge in [0.1, 0.15) is 4.90 Å². The molecule has 0 radical (unpaired) electrons. The normalized spacial score (nSPS) is 13.0. The third kappa shape index (κ3) is 8.67. The van der Waals surface area contributed by atoms with Crippen LogP contribution in [0.4, 0.5) is 17.1 Å². The van der Waals surface area contributed by atoms with Crippen molar-refractivity contribution >= 4 is 78.2 Å². The quantitative estimate of drug-likeness (QED) is 0.0955. The van der Waals surface area contributed by atoms with Gasteiger partial charge in [-0.05, 0) is 65.0 Å². The van der Waals surface area contributed by atoms with Crippen LogP contribution in [0.25, 0.3) is 10.8 Å². The standard InChI is InChI=1S/C24H23N3O13S5/c25-18-5-1-3-15(7-18)13-41(28,29)26-19-6-2-4-16(8-19)14-42(30,31)27-22-11-20(43(32,33)34)9-17-10-21(44(35,36)37)12-23(24(17)22)45(38,39)40/h1-12,26-27H,13-14,25H2,(H,32,33,34)(H,35,36,37)(H,38,39,40). The van der Waals surface area contributed by atoms with Gasteiger partial charge in [-0.25, -0.2) is 16.8 Å². The van der Waals surface area contributed by atoms with E-state index in [2.05, 4.69) is 4.72 Å². The number of rotatable bonds is 11. The summed E-state index contributed by atoms with van der Waals surface area (Å²) < 4.78 is 156. The second-order valence-electron chi connectivity index (χ2n) is 9.58. The van der Waals surface area contributed by atoms with Crippen LogP contribution in [0.15, 0.2) is 87.5 Å². The van der Waals surface area contributed by atoms with Crippen LogP contribution in [0, 0.1) is 0 Å². The summed E-state index contributed by atoms with van der Waals surface area (Å²) in [6.07, 6.45) is 0.